The lowest BCUT2D eigenvalue weighted by Crippen LogP contribution is -2.54. The molecule has 0 bridgehead atoms. The van der Waals surface area contributed by atoms with Crippen LogP contribution in [-0.2, 0) is 5.41 Å². The van der Waals surface area contributed by atoms with Gasteiger partial charge in [0.15, 0.2) is 0 Å². The van der Waals surface area contributed by atoms with E-state index in [2.05, 4.69) is 10.6 Å². The first-order valence-electron chi connectivity index (χ1n) is 11.4. The molecule has 0 heterocycles. The molecule has 33 heavy (non-hydrogen) atoms. The molecule has 2 aromatic rings. The third-order valence-corrected chi connectivity index (χ3v) is 5.66. The Kier molecular flexibility index (Phi) is 9.49. The molecular formula is C25H32F6N2. The second kappa shape index (κ2) is 11.7. The van der Waals surface area contributed by atoms with Gasteiger partial charge in [-0.1, -0.05) is 63.8 Å². The molecule has 0 aliphatic rings. The highest BCUT2D eigenvalue weighted by Crippen LogP contribution is 2.56. The molecule has 0 aliphatic carbocycles. The molecule has 2 nitrogen and oxygen atoms in total. The Balaban J connectivity index is 2.54. The molecule has 0 fully saturated rings. The zero-order valence-corrected chi connectivity index (χ0v) is 19.0. The van der Waals surface area contributed by atoms with E-state index in [1.165, 1.54) is 24.3 Å². The van der Waals surface area contributed by atoms with Gasteiger partial charge in [0.2, 0.25) is 5.41 Å². The summed E-state index contributed by atoms with van der Waals surface area (Å²) in [4.78, 5) is 0. The van der Waals surface area contributed by atoms with E-state index in [-0.39, 0.29) is 11.4 Å². The first kappa shape index (κ1) is 26.9. The lowest BCUT2D eigenvalue weighted by molar-refractivity contribution is -0.288. The van der Waals surface area contributed by atoms with Crippen molar-refractivity contribution >= 4 is 11.4 Å². The highest BCUT2D eigenvalue weighted by Gasteiger charge is 2.72. The van der Waals surface area contributed by atoms with Gasteiger partial charge in [-0.25, -0.2) is 0 Å². The minimum Gasteiger partial charge on any atom is -0.385 e. The van der Waals surface area contributed by atoms with Crippen molar-refractivity contribution in [3.63, 3.8) is 0 Å². The van der Waals surface area contributed by atoms with Crippen molar-refractivity contribution in [2.45, 2.75) is 70.1 Å². The van der Waals surface area contributed by atoms with Crippen LogP contribution < -0.4 is 10.6 Å². The van der Waals surface area contributed by atoms with Crippen LogP contribution in [0.3, 0.4) is 0 Å². The van der Waals surface area contributed by atoms with Gasteiger partial charge >= 0.3 is 12.4 Å². The Labute approximate surface area is 191 Å². The summed E-state index contributed by atoms with van der Waals surface area (Å²) in [5, 5.41) is 5.90. The monoisotopic (exact) mass is 474 g/mol. The number of unbranched alkanes of at least 4 members (excludes halogenated alkanes) is 4. The van der Waals surface area contributed by atoms with Gasteiger partial charge < -0.3 is 10.6 Å². The molecule has 0 atom stereocenters. The average Bonchev–Trinajstić information content (AvgIpc) is 2.73. The number of nitrogens with one attached hydrogen (secondary N) is 2. The molecule has 184 valence electrons. The number of benzene rings is 2. The number of anilines is 2. The van der Waals surface area contributed by atoms with Gasteiger partial charge in [-0.15, -0.1) is 0 Å². The van der Waals surface area contributed by atoms with E-state index in [0.717, 1.165) is 62.8 Å². The molecule has 2 N–H and O–H groups in total. The van der Waals surface area contributed by atoms with Gasteiger partial charge in [-0.2, -0.15) is 26.3 Å². The van der Waals surface area contributed by atoms with E-state index in [1.807, 2.05) is 13.8 Å². The lowest BCUT2D eigenvalue weighted by atomic mass is 9.72. The van der Waals surface area contributed by atoms with Crippen LogP contribution in [0.5, 0.6) is 0 Å². The SMILES string of the molecule is CCCCCNc1cccc(C(c2cccc(NCCCCC)c2)(C(F)(F)F)C(F)(F)F)c1. The molecule has 0 aromatic heterocycles. The normalized spacial score (nSPS) is 12.6. The van der Waals surface area contributed by atoms with Crippen molar-refractivity contribution in [3.8, 4) is 0 Å². The summed E-state index contributed by atoms with van der Waals surface area (Å²) in [6.45, 7) is 4.96. The molecule has 0 spiro atoms. The van der Waals surface area contributed by atoms with Crippen LogP contribution in [0.15, 0.2) is 48.5 Å². The van der Waals surface area contributed by atoms with Crippen LogP contribution in [0.4, 0.5) is 37.7 Å². The van der Waals surface area contributed by atoms with Gasteiger partial charge in [-0.05, 0) is 48.2 Å². The van der Waals surface area contributed by atoms with Crippen molar-refractivity contribution in [3.05, 3.63) is 59.7 Å². The molecule has 8 heteroatoms. The zero-order chi connectivity index (χ0) is 24.5. The Morgan fingerprint density at radius 3 is 1.33 bits per heavy atom. The number of hydrogen-bond acceptors (Lipinski definition) is 2. The lowest BCUT2D eigenvalue weighted by Gasteiger charge is -2.38. The maximum Gasteiger partial charge on any atom is 0.411 e. The fraction of sp³-hybridized carbons (Fsp3) is 0.520. The number of rotatable bonds is 12. The number of alkyl halides is 6. The van der Waals surface area contributed by atoms with E-state index in [4.69, 9.17) is 0 Å². The van der Waals surface area contributed by atoms with E-state index in [9.17, 15) is 26.3 Å². The summed E-state index contributed by atoms with van der Waals surface area (Å²) >= 11 is 0. The summed E-state index contributed by atoms with van der Waals surface area (Å²) in [5.74, 6) is 0. The largest absolute Gasteiger partial charge is 0.411 e. The minimum atomic E-state index is -5.60. The molecule has 0 aliphatic heterocycles. The average molecular weight is 475 g/mol. The fourth-order valence-electron chi connectivity index (χ4n) is 3.92. The van der Waals surface area contributed by atoms with Gasteiger partial charge in [0.25, 0.3) is 0 Å². The van der Waals surface area contributed by atoms with Crippen molar-refractivity contribution in [1.82, 2.24) is 0 Å². The van der Waals surface area contributed by atoms with Gasteiger partial charge in [-0.3, -0.25) is 0 Å². The van der Waals surface area contributed by atoms with E-state index >= 15 is 0 Å². The van der Waals surface area contributed by atoms with Crippen LogP contribution >= 0.6 is 0 Å². The highest BCUT2D eigenvalue weighted by atomic mass is 19.4. The maximum absolute atomic E-state index is 14.5. The Morgan fingerprint density at radius 2 is 1.00 bits per heavy atom. The first-order chi connectivity index (χ1) is 15.6. The first-order valence-corrected chi connectivity index (χ1v) is 11.4. The van der Waals surface area contributed by atoms with E-state index < -0.39 is 28.9 Å². The van der Waals surface area contributed by atoms with Crippen LogP contribution in [0.2, 0.25) is 0 Å². The standard InChI is InChI=1S/C25H32F6N2/c1-3-5-7-15-32-21-13-9-11-19(17-21)23(24(26,27)28,25(29,30)31)20-12-10-14-22(18-20)33-16-8-6-4-2/h9-14,17-18,32-33H,3-8,15-16H2,1-2H3. The third kappa shape index (κ3) is 6.36. The molecule has 0 saturated heterocycles. The predicted octanol–water partition coefficient (Wildman–Crippen LogP) is 8.30. The Bertz CT molecular complexity index is 789. The second-order valence-electron chi connectivity index (χ2n) is 8.17. The minimum absolute atomic E-state index is 0.232. The zero-order valence-electron chi connectivity index (χ0n) is 19.0. The van der Waals surface area contributed by atoms with Gasteiger partial charge in [0.1, 0.15) is 0 Å². The van der Waals surface area contributed by atoms with Crippen molar-refractivity contribution < 1.29 is 26.3 Å². The highest BCUT2D eigenvalue weighted by molar-refractivity contribution is 5.56. The second-order valence-corrected chi connectivity index (χ2v) is 8.17. The van der Waals surface area contributed by atoms with Gasteiger partial charge in [0, 0.05) is 24.5 Å². The summed E-state index contributed by atoms with van der Waals surface area (Å²) in [6.07, 6.45) is -5.92. The van der Waals surface area contributed by atoms with E-state index in [1.54, 1.807) is 0 Å². The van der Waals surface area contributed by atoms with Crippen molar-refractivity contribution in [1.29, 1.82) is 0 Å². The van der Waals surface area contributed by atoms with Crippen LogP contribution in [0.25, 0.3) is 0 Å². The third-order valence-electron chi connectivity index (χ3n) is 5.66. The Morgan fingerprint density at radius 1 is 0.606 bits per heavy atom. The Hall–Kier alpha value is -2.38. The maximum atomic E-state index is 14.5. The topological polar surface area (TPSA) is 24.1 Å². The van der Waals surface area contributed by atoms with Crippen molar-refractivity contribution in [2.24, 2.45) is 0 Å². The summed E-state index contributed by atoms with van der Waals surface area (Å²) in [6, 6.07) is 9.17. The van der Waals surface area contributed by atoms with Gasteiger partial charge in [0.05, 0.1) is 0 Å². The molecular weight excluding hydrogens is 442 g/mol. The molecule has 0 radical (unpaired) electrons. The predicted molar refractivity (Wildman–Crippen MR) is 122 cm³/mol. The summed E-state index contributed by atoms with van der Waals surface area (Å²) < 4.78 is 86.7. The van der Waals surface area contributed by atoms with Crippen molar-refractivity contribution in [2.75, 3.05) is 23.7 Å². The fourth-order valence-corrected chi connectivity index (χ4v) is 3.92. The van der Waals surface area contributed by atoms with Crippen LogP contribution in [0, 0.1) is 0 Å². The molecule has 0 saturated carbocycles. The quantitative estimate of drug-likeness (QED) is 0.239. The van der Waals surface area contributed by atoms with Crippen LogP contribution in [-0.4, -0.2) is 25.4 Å². The molecule has 0 unspecified atom stereocenters. The molecule has 0 amide bonds. The summed E-state index contributed by atoms with van der Waals surface area (Å²) in [7, 11) is 0. The molecule has 2 rings (SSSR count). The smallest absolute Gasteiger partial charge is 0.385 e. The number of hydrogen-bond donors (Lipinski definition) is 2. The molecule has 2 aromatic carbocycles. The summed E-state index contributed by atoms with van der Waals surface area (Å²) in [5.41, 5.74) is -5.40. The number of halogens is 6. The van der Waals surface area contributed by atoms with Crippen LogP contribution in [0.1, 0.15) is 63.5 Å². The van der Waals surface area contributed by atoms with E-state index in [0.29, 0.717) is 13.1 Å².